The number of amides is 2. The van der Waals surface area contributed by atoms with Crippen LogP contribution in [-0.2, 0) is 4.79 Å². The van der Waals surface area contributed by atoms with Crippen molar-refractivity contribution in [3.8, 4) is 0 Å². The van der Waals surface area contributed by atoms with Gasteiger partial charge in [0.15, 0.2) is 0 Å². The third-order valence-corrected chi connectivity index (χ3v) is 3.63. The molecule has 116 valence electrons. The van der Waals surface area contributed by atoms with Crippen LogP contribution in [0.25, 0.3) is 0 Å². The largest absolute Gasteiger partial charge is 0.481 e. The number of nitrogens with zero attached hydrogens (tertiary/aromatic N) is 3. The molecule has 1 unspecified atom stereocenters. The van der Waals surface area contributed by atoms with Crippen molar-refractivity contribution >= 4 is 12.0 Å². The van der Waals surface area contributed by atoms with Crippen LogP contribution >= 0.6 is 0 Å². The first-order valence-electron chi connectivity index (χ1n) is 7.26. The fraction of sp³-hybridized carbons (Fsp3) is 0.857. The summed E-state index contributed by atoms with van der Waals surface area (Å²) in [5.74, 6) is -0.866. The van der Waals surface area contributed by atoms with E-state index in [2.05, 4.69) is 4.90 Å². The molecule has 0 spiro atoms. The summed E-state index contributed by atoms with van der Waals surface area (Å²) in [5.41, 5.74) is 0. The Bertz CT molecular complexity index is 345. The summed E-state index contributed by atoms with van der Waals surface area (Å²) < 4.78 is 0. The number of rotatable bonds is 6. The van der Waals surface area contributed by atoms with Gasteiger partial charge < -0.3 is 19.8 Å². The van der Waals surface area contributed by atoms with E-state index in [1.165, 1.54) is 0 Å². The molecule has 0 aromatic carbocycles. The molecule has 0 aliphatic carbocycles. The van der Waals surface area contributed by atoms with E-state index >= 15 is 0 Å². The first-order valence-corrected chi connectivity index (χ1v) is 7.26. The molecule has 20 heavy (non-hydrogen) atoms. The van der Waals surface area contributed by atoms with Crippen molar-refractivity contribution in [1.29, 1.82) is 0 Å². The number of hydrogen-bond acceptors (Lipinski definition) is 3. The maximum Gasteiger partial charge on any atom is 0.320 e. The predicted molar refractivity (Wildman–Crippen MR) is 77.8 cm³/mol. The third kappa shape index (κ3) is 4.67. The smallest absolute Gasteiger partial charge is 0.320 e. The van der Waals surface area contributed by atoms with E-state index < -0.39 is 5.97 Å². The molecule has 1 saturated heterocycles. The van der Waals surface area contributed by atoms with Crippen molar-refractivity contribution in [3.63, 3.8) is 0 Å². The fourth-order valence-electron chi connectivity index (χ4n) is 2.65. The molecule has 0 saturated carbocycles. The van der Waals surface area contributed by atoms with Crippen LogP contribution in [0.2, 0.25) is 0 Å². The zero-order chi connectivity index (χ0) is 15.3. The van der Waals surface area contributed by atoms with Crippen molar-refractivity contribution in [2.24, 2.45) is 0 Å². The molecular formula is C14H27N3O3. The van der Waals surface area contributed by atoms with Crippen molar-refractivity contribution < 1.29 is 14.7 Å². The maximum atomic E-state index is 12.6. The highest BCUT2D eigenvalue weighted by atomic mass is 16.4. The number of carboxylic acid groups (broad SMARTS) is 1. The minimum absolute atomic E-state index is 0.00386. The van der Waals surface area contributed by atoms with E-state index in [4.69, 9.17) is 5.11 Å². The molecule has 1 atom stereocenters. The van der Waals surface area contributed by atoms with Gasteiger partial charge in [-0.25, -0.2) is 4.79 Å². The maximum absolute atomic E-state index is 12.6. The highest BCUT2D eigenvalue weighted by Gasteiger charge is 2.32. The normalized spacial score (nSPS) is 18.9. The minimum atomic E-state index is -0.866. The van der Waals surface area contributed by atoms with Gasteiger partial charge in [0.25, 0.3) is 0 Å². The SMILES string of the molecule is CC(C)N(CCC(=O)O)C(=O)N1CCCC1CN(C)C. The number of carbonyl (C=O) groups is 2. The molecule has 1 aliphatic heterocycles. The summed E-state index contributed by atoms with van der Waals surface area (Å²) in [7, 11) is 4.01. The number of hydrogen-bond donors (Lipinski definition) is 1. The molecular weight excluding hydrogens is 258 g/mol. The standard InChI is InChI=1S/C14H27N3O3/c1-11(2)16(9-7-13(18)19)14(20)17-8-5-6-12(17)10-15(3)4/h11-12H,5-10H2,1-4H3,(H,18,19). The number of carbonyl (C=O) groups excluding carboxylic acids is 1. The van der Waals surface area contributed by atoms with Gasteiger partial charge in [-0.15, -0.1) is 0 Å². The lowest BCUT2D eigenvalue weighted by Gasteiger charge is -2.34. The van der Waals surface area contributed by atoms with Crippen LogP contribution < -0.4 is 0 Å². The molecule has 1 N–H and O–H groups in total. The van der Waals surface area contributed by atoms with Crippen LogP contribution in [0, 0.1) is 0 Å². The number of aliphatic carboxylic acids is 1. The second-order valence-electron chi connectivity index (χ2n) is 5.97. The second kappa shape index (κ2) is 7.47. The van der Waals surface area contributed by atoms with Crippen LogP contribution in [0.1, 0.15) is 33.1 Å². The summed E-state index contributed by atoms with van der Waals surface area (Å²) in [6.45, 7) is 5.76. The highest BCUT2D eigenvalue weighted by Crippen LogP contribution is 2.20. The molecule has 1 rings (SSSR count). The topological polar surface area (TPSA) is 64.1 Å². The van der Waals surface area contributed by atoms with Crippen LogP contribution in [0.15, 0.2) is 0 Å². The van der Waals surface area contributed by atoms with Crippen LogP contribution in [-0.4, -0.2) is 77.6 Å². The number of urea groups is 1. The molecule has 0 radical (unpaired) electrons. The van der Waals surface area contributed by atoms with Gasteiger partial charge in [-0.05, 0) is 40.8 Å². The fourth-order valence-corrected chi connectivity index (χ4v) is 2.65. The molecule has 0 aromatic rings. The van der Waals surface area contributed by atoms with Gasteiger partial charge >= 0.3 is 12.0 Å². The van der Waals surface area contributed by atoms with E-state index in [1.807, 2.05) is 32.8 Å². The average Bonchev–Trinajstić information content (AvgIpc) is 2.75. The van der Waals surface area contributed by atoms with E-state index in [-0.39, 0.29) is 31.1 Å². The molecule has 1 aliphatic rings. The Morgan fingerprint density at radius 1 is 1.35 bits per heavy atom. The van der Waals surface area contributed by atoms with Gasteiger partial charge in [0.05, 0.1) is 6.42 Å². The highest BCUT2D eigenvalue weighted by molar-refractivity contribution is 5.76. The first-order chi connectivity index (χ1) is 9.32. The quantitative estimate of drug-likeness (QED) is 0.799. The first kappa shape index (κ1) is 16.8. The predicted octanol–water partition coefficient (Wildman–Crippen LogP) is 1.32. The van der Waals surface area contributed by atoms with Gasteiger partial charge in [0.1, 0.15) is 0 Å². The molecule has 6 nitrogen and oxygen atoms in total. The van der Waals surface area contributed by atoms with E-state index in [0.29, 0.717) is 0 Å². The monoisotopic (exact) mass is 285 g/mol. The van der Waals surface area contributed by atoms with Crippen molar-refractivity contribution in [3.05, 3.63) is 0 Å². The summed E-state index contributed by atoms with van der Waals surface area (Å²) >= 11 is 0. The zero-order valence-electron chi connectivity index (χ0n) is 13.0. The minimum Gasteiger partial charge on any atom is -0.481 e. The summed E-state index contributed by atoms with van der Waals surface area (Å²) in [4.78, 5) is 29.0. The average molecular weight is 285 g/mol. The van der Waals surface area contributed by atoms with Crippen LogP contribution in [0.4, 0.5) is 4.79 Å². The number of likely N-dealkylation sites (tertiary alicyclic amines) is 1. The Balaban J connectivity index is 2.70. The van der Waals surface area contributed by atoms with Crippen LogP contribution in [0.3, 0.4) is 0 Å². The molecule has 1 heterocycles. The lowest BCUT2D eigenvalue weighted by Crippen LogP contribution is -2.50. The zero-order valence-corrected chi connectivity index (χ0v) is 13.0. The Hall–Kier alpha value is -1.30. The Labute approximate surface area is 121 Å². The Kier molecular flexibility index (Phi) is 6.26. The Morgan fingerprint density at radius 3 is 2.50 bits per heavy atom. The van der Waals surface area contributed by atoms with Gasteiger partial charge in [-0.2, -0.15) is 0 Å². The molecule has 6 heteroatoms. The van der Waals surface area contributed by atoms with Gasteiger partial charge in [-0.1, -0.05) is 0 Å². The van der Waals surface area contributed by atoms with E-state index in [9.17, 15) is 9.59 Å². The summed E-state index contributed by atoms with van der Waals surface area (Å²) in [6, 6.07) is 0.233. The van der Waals surface area contributed by atoms with Gasteiger partial charge in [0, 0.05) is 31.7 Å². The third-order valence-electron chi connectivity index (χ3n) is 3.63. The van der Waals surface area contributed by atoms with Crippen molar-refractivity contribution in [1.82, 2.24) is 14.7 Å². The van der Waals surface area contributed by atoms with Gasteiger partial charge in [0.2, 0.25) is 0 Å². The summed E-state index contributed by atoms with van der Waals surface area (Å²) in [6.07, 6.45) is 2.04. The lowest BCUT2D eigenvalue weighted by molar-refractivity contribution is -0.137. The molecule has 0 aromatic heterocycles. The van der Waals surface area contributed by atoms with Gasteiger partial charge in [-0.3, -0.25) is 4.79 Å². The van der Waals surface area contributed by atoms with Crippen LogP contribution in [0.5, 0.6) is 0 Å². The Morgan fingerprint density at radius 2 is 2.00 bits per heavy atom. The molecule has 2 amide bonds. The molecule has 0 bridgehead atoms. The lowest BCUT2D eigenvalue weighted by atomic mass is 10.2. The second-order valence-corrected chi connectivity index (χ2v) is 5.97. The van der Waals surface area contributed by atoms with E-state index in [1.54, 1.807) is 4.90 Å². The number of likely N-dealkylation sites (N-methyl/N-ethyl adjacent to an activating group) is 1. The van der Waals surface area contributed by atoms with Crippen molar-refractivity contribution in [2.45, 2.75) is 45.2 Å². The van der Waals surface area contributed by atoms with Crippen molar-refractivity contribution in [2.75, 3.05) is 33.7 Å². The number of carboxylic acids is 1. The van der Waals surface area contributed by atoms with E-state index in [0.717, 1.165) is 25.9 Å². The summed E-state index contributed by atoms with van der Waals surface area (Å²) in [5, 5.41) is 8.80. The molecule has 1 fully saturated rings.